The van der Waals surface area contributed by atoms with Gasteiger partial charge in [0.05, 0.1) is 15.2 Å². The molecule has 88 valence electrons. The number of halogens is 4. The van der Waals surface area contributed by atoms with Gasteiger partial charge in [-0.3, -0.25) is 0 Å². The van der Waals surface area contributed by atoms with Crippen LogP contribution < -0.4 is 5.32 Å². The van der Waals surface area contributed by atoms with Crippen molar-refractivity contribution >= 4 is 50.6 Å². The summed E-state index contributed by atoms with van der Waals surface area (Å²) in [5.41, 5.74) is 0.216. The van der Waals surface area contributed by atoms with Gasteiger partial charge in [0.15, 0.2) is 5.82 Å². The molecule has 1 N–H and O–H groups in total. The number of benzene rings is 1. The van der Waals surface area contributed by atoms with Crippen LogP contribution in [0.1, 0.15) is 0 Å². The van der Waals surface area contributed by atoms with E-state index in [-0.39, 0.29) is 16.0 Å². The first-order valence-electron chi connectivity index (χ1n) is 4.47. The summed E-state index contributed by atoms with van der Waals surface area (Å²) in [6.45, 7) is 0. The van der Waals surface area contributed by atoms with Crippen molar-refractivity contribution in [2.75, 3.05) is 5.32 Å². The van der Waals surface area contributed by atoms with E-state index >= 15 is 0 Å². The number of hydrogen-bond acceptors (Lipinski definition) is 3. The summed E-state index contributed by atoms with van der Waals surface area (Å²) in [4.78, 5) is 7.69. The van der Waals surface area contributed by atoms with Gasteiger partial charge in [-0.1, -0.05) is 17.7 Å². The Hall–Kier alpha value is -0.910. The second-order valence-corrected chi connectivity index (χ2v) is 4.66. The average Bonchev–Trinajstić information content (AvgIpc) is 2.30. The fourth-order valence-electron chi connectivity index (χ4n) is 1.16. The minimum Gasteiger partial charge on any atom is -0.337 e. The minimum atomic E-state index is -0.546. The molecule has 7 heteroatoms. The Morgan fingerprint density at radius 1 is 1.29 bits per heavy atom. The van der Waals surface area contributed by atoms with Crippen LogP contribution in [0.2, 0.25) is 10.3 Å². The van der Waals surface area contributed by atoms with E-state index in [0.717, 1.165) is 0 Å². The quantitative estimate of drug-likeness (QED) is 0.824. The molecule has 0 radical (unpaired) electrons. The van der Waals surface area contributed by atoms with Crippen LogP contribution in [0.5, 0.6) is 0 Å². The molecule has 0 atom stereocenters. The largest absolute Gasteiger partial charge is 0.337 e. The minimum absolute atomic E-state index is 0.0336. The molecule has 0 amide bonds. The maximum Gasteiger partial charge on any atom is 0.224 e. The molecule has 0 saturated heterocycles. The zero-order chi connectivity index (χ0) is 12.4. The fourth-order valence-corrected chi connectivity index (χ4v) is 1.76. The van der Waals surface area contributed by atoms with Crippen molar-refractivity contribution in [2.45, 2.75) is 0 Å². The summed E-state index contributed by atoms with van der Waals surface area (Å²) in [7, 11) is 0. The van der Waals surface area contributed by atoms with E-state index in [0.29, 0.717) is 10.3 Å². The van der Waals surface area contributed by atoms with Crippen LogP contribution in [0.25, 0.3) is 0 Å². The number of hydrogen-bond donors (Lipinski definition) is 1. The Balaban J connectivity index is 2.38. The summed E-state index contributed by atoms with van der Waals surface area (Å²) in [6, 6.07) is 4.64. The van der Waals surface area contributed by atoms with E-state index in [4.69, 9.17) is 23.2 Å². The van der Waals surface area contributed by atoms with E-state index < -0.39 is 5.82 Å². The second-order valence-electron chi connectivity index (χ2n) is 3.06. The van der Waals surface area contributed by atoms with Crippen LogP contribution in [0.3, 0.4) is 0 Å². The predicted molar refractivity (Wildman–Crippen MR) is 69.4 cm³/mol. The van der Waals surface area contributed by atoms with E-state index in [9.17, 15) is 4.39 Å². The van der Waals surface area contributed by atoms with Crippen LogP contribution in [0.15, 0.2) is 28.9 Å². The molecule has 0 unspecified atom stereocenters. The molecule has 2 rings (SSSR count). The van der Waals surface area contributed by atoms with Crippen LogP contribution in [-0.2, 0) is 0 Å². The third-order valence-corrected chi connectivity index (χ3v) is 2.97. The van der Waals surface area contributed by atoms with Gasteiger partial charge in [0.2, 0.25) is 5.28 Å². The Bertz CT molecular complexity index is 565. The lowest BCUT2D eigenvalue weighted by Crippen LogP contribution is -1.98. The molecule has 3 nitrogen and oxygen atoms in total. The third kappa shape index (κ3) is 2.86. The van der Waals surface area contributed by atoms with Crippen molar-refractivity contribution in [3.8, 4) is 0 Å². The van der Waals surface area contributed by atoms with E-state index in [1.54, 1.807) is 12.1 Å². The topological polar surface area (TPSA) is 37.8 Å². The average molecular weight is 337 g/mol. The molecule has 2 aromatic rings. The van der Waals surface area contributed by atoms with Gasteiger partial charge in [0.1, 0.15) is 5.82 Å². The van der Waals surface area contributed by atoms with Crippen molar-refractivity contribution in [3.63, 3.8) is 0 Å². The lowest BCUT2D eigenvalue weighted by Gasteiger charge is -2.08. The molecule has 0 aliphatic heterocycles. The van der Waals surface area contributed by atoms with Crippen molar-refractivity contribution in [1.29, 1.82) is 0 Å². The highest BCUT2D eigenvalue weighted by Crippen LogP contribution is 2.28. The SMILES string of the molecule is Fc1c(Cl)cccc1Nc1nc(Cl)ncc1Br. The van der Waals surface area contributed by atoms with E-state index in [1.807, 2.05) is 0 Å². The van der Waals surface area contributed by atoms with Crippen LogP contribution in [0.4, 0.5) is 15.9 Å². The molecular formula is C10H5BrCl2FN3. The van der Waals surface area contributed by atoms with Gasteiger partial charge in [-0.05, 0) is 39.7 Å². The number of aromatic nitrogens is 2. The standard InChI is InChI=1S/C10H5BrCl2FN3/c11-5-4-15-10(13)17-9(5)16-7-3-1-2-6(12)8(7)14/h1-4H,(H,15,16,17). The summed E-state index contributed by atoms with van der Waals surface area (Å²) < 4.78 is 14.2. The highest BCUT2D eigenvalue weighted by molar-refractivity contribution is 9.10. The number of nitrogens with zero attached hydrogens (tertiary/aromatic N) is 2. The first kappa shape index (κ1) is 12.5. The van der Waals surface area contributed by atoms with Crippen molar-refractivity contribution < 1.29 is 4.39 Å². The Kier molecular flexibility index (Phi) is 3.81. The highest BCUT2D eigenvalue weighted by atomic mass is 79.9. The van der Waals surface area contributed by atoms with Crippen LogP contribution in [0, 0.1) is 5.82 Å². The summed E-state index contributed by atoms with van der Waals surface area (Å²) in [6.07, 6.45) is 1.47. The molecule has 1 aromatic heterocycles. The van der Waals surface area contributed by atoms with Gasteiger partial charge in [-0.2, -0.15) is 4.98 Å². The molecule has 0 aliphatic carbocycles. The Morgan fingerprint density at radius 3 is 2.82 bits per heavy atom. The van der Waals surface area contributed by atoms with Crippen molar-refractivity contribution in [3.05, 3.63) is 45.0 Å². The first-order chi connectivity index (χ1) is 8.08. The second kappa shape index (κ2) is 5.16. The zero-order valence-corrected chi connectivity index (χ0v) is 11.3. The van der Waals surface area contributed by atoms with Crippen LogP contribution in [-0.4, -0.2) is 9.97 Å². The molecule has 0 bridgehead atoms. The maximum atomic E-state index is 13.6. The smallest absolute Gasteiger partial charge is 0.224 e. The lowest BCUT2D eigenvalue weighted by atomic mass is 10.3. The normalized spacial score (nSPS) is 10.4. The van der Waals surface area contributed by atoms with Gasteiger partial charge >= 0.3 is 0 Å². The molecule has 1 aromatic carbocycles. The fraction of sp³-hybridized carbons (Fsp3) is 0. The summed E-state index contributed by atoms with van der Waals surface area (Å²) in [5, 5.41) is 2.88. The zero-order valence-electron chi connectivity index (χ0n) is 8.22. The number of nitrogens with one attached hydrogen (secondary N) is 1. The molecular weight excluding hydrogens is 332 g/mol. The van der Waals surface area contributed by atoms with Gasteiger partial charge in [0, 0.05) is 6.20 Å². The molecule has 0 saturated carbocycles. The predicted octanol–water partition coefficient (Wildman–Crippen LogP) is 4.43. The number of rotatable bonds is 2. The third-order valence-electron chi connectivity index (χ3n) is 1.92. The highest BCUT2D eigenvalue weighted by Gasteiger charge is 2.09. The summed E-state index contributed by atoms with van der Waals surface area (Å²) >= 11 is 14.5. The first-order valence-corrected chi connectivity index (χ1v) is 6.02. The van der Waals surface area contributed by atoms with Gasteiger partial charge in [-0.25, -0.2) is 9.37 Å². The maximum absolute atomic E-state index is 13.6. The van der Waals surface area contributed by atoms with Gasteiger partial charge in [0.25, 0.3) is 0 Å². The lowest BCUT2D eigenvalue weighted by molar-refractivity contribution is 0.632. The van der Waals surface area contributed by atoms with Crippen molar-refractivity contribution in [2.24, 2.45) is 0 Å². The molecule has 0 aliphatic rings. The van der Waals surface area contributed by atoms with E-state index in [2.05, 4.69) is 31.2 Å². The monoisotopic (exact) mass is 335 g/mol. The van der Waals surface area contributed by atoms with Crippen molar-refractivity contribution in [1.82, 2.24) is 9.97 Å². The van der Waals surface area contributed by atoms with Gasteiger partial charge < -0.3 is 5.32 Å². The Morgan fingerprint density at radius 2 is 2.06 bits per heavy atom. The van der Waals surface area contributed by atoms with Crippen LogP contribution >= 0.6 is 39.1 Å². The Labute approximate surface area is 115 Å². The summed E-state index contributed by atoms with van der Waals surface area (Å²) in [5.74, 6) is -0.179. The van der Waals surface area contributed by atoms with Gasteiger partial charge in [-0.15, -0.1) is 0 Å². The molecule has 0 spiro atoms. The van der Waals surface area contributed by atoms with E-state index in [1.165, 1.54) is 12.3 Å². The molecule has 1 heterocycles. The molecule has 0 fully saturated rings. The number of anilines is 2. The molecule has 17 heavy (non-hydrogen) atoms.